The van der Waals surface area contributed by atoms with Crippen LogP contribution in [0.4, 0.5) is 13.2 Å². The van der Waals surface area contributed by atoms with Crippen LogP contribution in [0.3, 0.4) is 0 Å². The highest BCUT2D eigenvalue weighted by Crippen LogP contribution is 2.31. The second-order valence-corrected chi connectivity index (χ2v) is 8.51. The van der Waals surface area contributed by atoms with Gasteiger partial charge in [0.2, 0.25) is 0 Å². The van der Waals surface area contributed by atoms with Crippen LogP contribution in [0.5, 0.6) is 0 Å². The Balaban J connectivity index is 2.17. The summed E-state index contributed by atoms with van der Waals surface area (Å²) in [5, 5.41) is 33.8. The molecule has 2 heterocycles. The summed E-state index contributed by atoms with van der Waals surface area (Å²) in [7, 11) is 2.91. The zero-order chi connectivity index (χ0) is 21.8. The summed E-state index contributed by atoms with van der Waals surface area (Å²) < 4.78 is 48.4. The van der Waals surface area contributed by atoms with Crippen molar-refractivity contribution in [2.24, 2.45) is 0 Å². The average molecular weight is 461 g/mol. The molecule has 0 aromatic carbocycles. The summed E-state index contributed by atoms with van der Waals surface area (Å²) in [6.45, 7) is 1.12. The van der Waals surface area contributed by atoms with Gasteiger partial charge in [0, 0.05) is 17.8 Å². The minimum atomic E-state index is -5.08. The zero-order valence-electron chi connectivity index (χ0n) is 15.4. The monoisotopic (exact) mass is 461 g/mol. The minimum Gasteiger partial charge on any atom is -0.484 e. The molecule has 1 saturated heterocycles. The molecule has 2 aliphatic heterocycles. The molecule has 5 N–H and O–H groups in total. The Hall–Kier alpha value is -1.00. The smallest absolute Gasteiger partial charge is 0.471 e. The third-order valence-corrected chi connectivity index (χ3v) is 5.69. The predicted octanol–water partition coefficient (Wildman–Crippen LogP) is 0.0232. The lowest BCUT2D eigenvalue weighted by molar-refractivity contribution is -0.174. The van der Waals surface area contributed by atoms with E-state index in [2.05, 4.69) is 5.32 Å². The molecule has 0 saturated carbocycles. The number of amides is 1. The van der Waals surface area contributed by atoms with Crippen LogP contribution in [0.2, 0.25) is 0 Å². The first-order valence-corrected chi connectivity index (χ1v) is 11.1. The van der Waals surface area contributed by atoms with Gasteiger partial charge in [0.1, 0.15) is 30.3 Å². The molecule has 2 aliphatic rings. The van der Waals surface area contributed by atoms with E-state index in [1.165, 1.54) is 39.5 Å². The topological polar surface area (TPSA) is 124 Å². The fourth-order valence-corrected chi connectivity index (χ4v) is 3.53. The van der Waals surface area contributed by atoms with Gasteiger partial charge in [-0.25, -0.2) is 4.90 Å². The normalized spacial score (nSPS) is 32.3. The first-order chi connectivity index (χ1) is 13.6. The van der Waals surface area contributed by atoms with Crippen molar-refractivity contribution in [1.82, 2.24) is 15.5 Å². The van der Waals surface area contributed by atoms with Crippen LogP contribution in [0.25, 0.3) is 0 Å². The molecule has 9 nitrogen and oxygen atoms in total. The van der Waals surface area contributed by atoms with Gasteiger partial charge in [-0.05, 0) is 19.3 Å². The number of nitrogens with zero attached hydrogens (tertiary/aromatic N) is 1. The molecule has 0 spiro atoms. The van der Waals surface area contributed by atoms with Gasteiger partial charge in [0.15, 0.2) is 6.35 Å². The van der Waals surface area contributed by atoms with E-state index >= 15 is 0 Å². The molecule has 0 radical (unpaired) electrons. The molecule has 14 heteroatoms. The van der Waals surface area contributed by atoms with Crippen molar-refractivity contribution >= 4 is 27.5 Å². The maximum atomic E-state index is 12.4. The summed E-state index contributed by atoms with van der Waals surface area (Å²) in [6, 6.07) is -0.838. The molecular weight excluding hydrogens is 439 g/mol. The van der Waals surface area contributed by atoms with E-state index < -0.39 is 43.0 Å². The zero-order valence-corrected chi connectivity index (χ0v) is 17.1. The van der Waals surface area contributed by atoms with Crippen LogP contribution >= 0.6 is 21.6 Å². The number of rotatable bonds is 7. The third kappa shape index (κ3) is 6.01. The van der Waals surface area contributed by atoms with E-state index in [1.807, 2.05) is 6.26 Å². The van der Waals surface area contributed by atoms with Gasteiger partial charge >= 0.3 is 12.1 Å². The van der Waals surface area contributed by atoms with Crippen molar-refractivity contribution in [2.75, 3.05) is 18.8 Å². The van der Waals surface area contributed by atoms with Crippen LogP contribution in [-0.2, 0) is 14.3 Å². The van der Waals surface area contributed by atoms with E-state index in [0.29, 0.717) is 11.7 Å². The van der Waals surface area contributed by atoms with Crippen LogP contribution in [0.1, 0.15) is 6.92 Å². The predicted molar refractivity (Wildman–Crippen MR) is 99.6 cm³/mol. The largest absolute Gasteiger partial charge is 0.484 e. The van der Waals surface area contributed by atoms with Gasteiger partial charge in [-0.15, -0.1) is 0 Å². The second kappa shape index (κ2) is 10.3. The summed E-state index contributed by atoms with van der Waals surface area (Å²) in [4.78, 5) is 12.3. The maximum absolute atomic E-state index is 12.4. The van der Waals surface area contributed by atoms with Gasteiger partial charge in [-0.3, -0.25) is 10.1 Å². The number of nitrogens with one attached hydrogen (secondary N) is 2. The minimum absolute atomic E-state index is 0.0299. The molecule has 29 heavy (non-hydrogen) atoms. The van der Waals surface area contributed by atoms with E-state index in [-0.39, 0.29) is 12.2 Å². The molecule has 0 aliphatic carbocycles. The third-order valence-electron chi connectivity index (χ3n) is 4.24. The Labute approximate surface area is 172 Å². The van der Waals surface area contributed by atoms with E-state index in [4.69, 9.17) is 9.47 Å². The van der Waals surface area contributed by atoms with Crippen LogP contribution in [0, 0.1) is 0 Å². The van der Waals surface area contributed by atoms with Crippen LogP contribution in [0.15, 0.2) is 23.6 Å². The summed E-state index contributed by atoms with van der Waals surface area (Å²) >= 11 is 0. The fraction of sp³-hybridized carbons (Fsp3) is 0.667. The molecule has 5 atom stereocenters. The van der Waals surface area contributed by atoms with Crippen LogP contribution in [-0.4, -0.2) is 82.1 Å². The SMILES string of the molecule is CSSCOC1=CC(N2C(O)NC(O)/C(=C/NC(=O)C(F)(F)F)C2C)OC1CO. The Bertz CT molecular complexity index is 651. The van der Waals surface area contributed by atoms with Gasteiger partial charge < -0.3 is 30.1 Å². The standard InChI is InChI=1S/C15H22F3N3O6S2/c1-7-8(4-19-13(24)15(16,17)18)12(23)20-14(25)21(7)11-3-9(10(5-22)27-11)26-6-29-28-2/h3-4,7,10-12,14,20,22-23,25H,5-6H2,1-2H3,(H,19,24)/b8-4+. The number of hydrogen-bond acceptors (Lipinski definition) is 10. The number of carbonyl (C=O) groups excluding carboxylic acids is 1. The van der Waals surface area contributed by atoms with E-state index in [0.717, 1.165) is 6.20 Å². The fourth-order valence-electron chi connectivity index (χ4n) is 2.82. The number of halogens is 3. The molecule has 0 bridgehead atoms. The number of alkyl halides is 3. The molecule has 166 valence electrons. The number of hydrogen-bond donors (Lipinski definition) is 5. The highest BCUT2D eigenvalue weighted by atomic mass is 33.1. The molecule has 0 aromatic heterocycles. The molecule has 1 amide bonds. The molecular formula is C15H22F3N3O6S2. The van der Waals surface area contributed by atoms with Crippen molar-refractivity contribution in [3.05, 3.63) is 23.6 Å². The van der Waals surface area contributed by atoms with Crippen molar-refractivity contribution in [1.29, 1.82) is 0 Å². The van der Waals surface area contributed by atoms with Gasteiger partial charge in [-0.1, -0.05) is 21.6 Å². The number of aliphatic hydroxyl groups is 3. The maximum Gasteiger partial charge on any atom is 0.471 e. The molecule has 1 fully saturated rings. The Morgan fingerprint density at radius 3 is 2.76 bits per heavy atom. The lowest BCUT2D eigenvalue weighted by Gasteiger charge is -2.44. The molecule has 0 aromatic rings. The van der Waals surface area contributed by atoms with E-state index in [9.17, 15) is 33.3 Å². The van der Waals surface area contributed by atoms with Crippen LogP contribution < -0.4 is 10.6 Å². The van der Waals surface area contributed by atoms with Gasteiger partial charge in [-0.2, -0.15) is 13.2 Å². The number of carbonyl (C=O) groups is 1. The van der Waals surface area contributed by atoms with Crippen molar-refractivity contribution in [3.63, 3.8) is 0 Å². The Morgan fingerprint density at radius 1 is 1.48 bits per heavy atom. The number of aliphatic hydroxyl groups excluding tert-OH is 3. The summed E-state index contributed by atoms with van der Waals surface area (Å²) in [5.74, 6) is -1.55. The Kier molecular flexibility index (Phi) is 8.66. The number of ether oxygens (including phenoxy) is 2. The molecule has 2 rings (SSSR count). The van der Waals surface area contributed by atoms with E-state index in [1.54, 1.807) is 5.32 Å². The van der Waals surface area contributed by atoms with Gasteiger partial charge in [0.25, 0.3) is 0 Å². The first kappa shape index (κ1) is 24.3. The summed E-state index contributed by atoms with van der Waals surface area (Å²) in [6.07, 6.45) is -5.57. The average Bonchev–Trinajstić information content (AvgIpc) is 3.03. The van der Waals surface area contributed by atoms with Crippen molar-refractivity contribution in [2.45, 2.75) is 44.1 Å². The first-order valence-electron chi connectivity index (χ1n) is 8.33. The van der Waals surface area contributed by atoms with Crippen molar-refractivity contribution in [3.8, 4) is 0 Å². The highest BCUT2D eigenvalue weighted by Gasteiger charge is 2.43. The highest BCUT2D eigenvalue weighted by molar-refractivity contribution is 8.76. The lowest BCUT2D eigenvalue weighted by atomic mass is 10.0. The lowest BCUT2D eigenvalue weighted by Crippen LogP contribution is -2.63. The van der Waals surface area contributed by atoms with Gasteiger partial charge in [0.05, 0.1) is 6.61 Å². The second-order valence-electron chi connectivity index (χ2n) is 6.00. The molecule has 5 unspecified atom stereocenters. The Morgan fingerprint density at radius 2 is 2.17 bits per heavy atom. The summed E-state index contributed by atoms with van der Waals surface area (Å²) in [5.41, 5.74) is -0.0299. The van der Waals surface area contributed by atoms with Crippen molar-refractivity contribution < 1.29 is 42.8 Å². The quantitative estimate of drug-likeness (QED) is 0.201.